The highest BCUT2D eigenvalue weighted by molar-refractivity contribution is 5.82. The lowest BCUT2D eigenvalue weighted by Gasteiger charge is -2.31. The van der Waals surface area contributed by atoms with Gasteiger partial charge in [-0.3, -0.25) is 4.79 Å². The normalized spacial score (nSPS) is 20.2. The van der Waals surface area contributed by atoms with E-state index in [2.05, 4.69) is 28.1 Å². The number of aromatic nitrogens is 1. The van der Waals surface area contributed by atoms with Crippen LogP contribution in [0.2, 0.25) is 0 Å². The van der Waals surface area contributed by atoms with Crippen LogP contribution < -0.4 is 5.32 Å². The van der Waals surface area contributed by atoms with Crippen molar-refractivity contribution < 1.29 is 24.2 Å². The number of rotatable bonds is 7. The van der Waals surface area contributed by atoms with Gasteiger partial charge >= 0.3 is 5.97 Å². The van der Waals surface area contributed by atoms with Crippen LogP contribution in [0.5, 0.6) is 0 Å². The van der Waals surface area contributed by atoms with Crippen molar-refractivity contribution in [3.05, 3.63) is 36.0 Å². The number of hydrogen-bond acceptors (Lipinski definition) is 4. The lowest BCUT2D eigenvalue weighted by Crippen LogP contribution is -2.50. The minimum absolute atomic E-state index is 0.0713. The molecule has 0 aliphatic carbocycles. The smallest absolute Gasteiger partial charge is 0.329 e. The number of carboxylic acid groups (broad SMARTS) is 1. The van der Waals surface area contributed by atoms with Crippen LogP contribution in [0.1, 0.15) is 18.5 Å². The Morgan fingerprint density at radius 1 is 1.38 bits per heavy atom. The van der Waals surface area contributed by atoms with E-state index in [1.54, 1.807) is 0 Å². The number of benzene rings is 1. The number of carbonyl (C=O) groups is 2. The Hall–Kier alpha value is -2.38. The maximum absolute atomic E-state index is 12.4. The zero-order valence-corrected chi connectivity index (χ0v) is 14.8. The number of nitrogens with one attached hydrogen (secondary N) is 1. The van der Waals surface area contributed by atoms with Crippen molar-refractivity contribution in [1.29, 1.82) is 0 Å². The first-order valence-corrected chi connectivity index (χ1v) is 8.80. The van der Waals surface area contributed by atoms with Crippen LogP contribution in [-0.2, 0) is 25.6 Å². The average Bonchev–Trinajstić information content (AvgIpc) is 2.94. The lowest BCUT2D eigenvalue weighted by molar-refractivity contribution is -0.149. The molecule has 2 atom stereocenters. The zero-order valence-electron chi connectivity index (χ0n) is 14.8. The van der Waals surface area contributed by atoms with Crippen molar-refractivity contribution >= 4 is 22.8 Å². The zero-order chi connectivity index (χ0) is 18.5. The van der Waals surface area contributed by atoms with Crippen molar-refractivity contribution in [2.24, 2.45) is 0 Å². The van der Waals surface area contributed by atoms with Gasteiger partial charge in [0.15, 0.2) is 0 Å². The van der Waals surface area contributed by atoms with Crippen molar-refractivity contribution in [3.8, 4) is 0 Å². The summed E-state index contributed by atoms with van der Waals surface area (Å²) in [5, 5.41) is 12.9. The molecule has 0 bridgehead atoms. The number of fused-ring (bicyclic) bond motifs is 1. The maximum Gasteiger partial charge on any atom is 0.329 e. The highest BCUT2D eigenvalue weighted by atomic mass is 16.5. The third-order valence-corrected chi connectivity index (χ3v) is 4.65. The summed E-state index contributed by atoms with van der Waals surface area (Å²) in [5.41, 5.74) is 2.24. The van der Waals surface area contributed by atoms with E-state index in [9.17, 15) is 9.59 Å². The van der Waals surface area contributed by atoms with E-state index in [1.807, 2.05) is 19.1 Å². The first kappa shape index (κ1) is 18.4. The molecule has 0 saturated carbocycles. The molecule has 140 valence electrons. The van der Waals surface area contributed by atoms with E-state index in [4.69, 9.17) is 14.6 Å². The number of ether oxygens (including phenoxy) is 2. The molecule has 2 aromatic rings. The Bertz CT molecular complexity index is 785. The molecule has 7 nitrogen and oxygen atoms in total. The lowest BCUT2D eigenvalue weighted by atomic mass is 10.1. The van der Waals surface area contributed by atoms with Gasteiger partial charge in [-0.1, -0.05) is 18.2 Å². The fraction of sp³-hybridized carbons (Fsp3) is 0.474. The number of nitrogens with zero attached hydrogens (tertiary/aromatic N) is 1. The maximum atomic E-state index is 12.4. The first-order valence-electron chi connectivity index (χ1n) is 8.80. The predicted octanol–water partition coefficient (Wildman–Crippen LogP) is 1.71. The molecule has 1 amide bonds. The van der Waals surface area contributed by atoms with E-state index < -0.39 is 18.7 Å². The number of aliphatic carboxylic acids is 1. The van der Waals surface area contributed by atoms with Gasteiger partial charge in [-0.05, 0) is 30.9 Å². The summed E-state index contributed by atoms with van der Waals surface area (Å²) in [5.74, 6) is -1.10. The number of carbonyl (C=O) groups excluding carboxylic acids is 1. The molecule has 2 N–H and O–H groups in total. The van der Waals surface area contributed by atoms with Crippen molar-refractivity contribution in [3.63, 3.8) is 0 Å². The Morgan fingerprint density at radius 3 is 3.00 bits per heavy atom. The summed E-state index contributed by atoms with van der Waals surface area (Å²) < 4.78 is 12.8. The van der Waals surface area contributed by atoms with E-state index in [0.29, 0.717) is 32.6 Å². The Labute approximate surface area is 151 Å². The number of aryl methyl sites for hydroxylation is 2. The molecule has 1 aromatic heterocycles. The molecule has 1 saturated heterocycles. The molecule has 0 radical (unpaired) electrons. The molecule has 0 unspecified atom stereocenters. The van der Waals surface area contributed by atoms with E-state index in [-0.39, 0.29) is 11.9 Å². The standard InChI is InChI=1S/C19H24N2O5/c1-13-10-14-4-2-3-5-16(14)21(13)8-6-18(22)20-15-7-9-25-11-17(15)26-12-19(23)24/h2-5,10,15,17H,6-9,11-12H2,1H3,(H,20,22)(H,23,24)/t15-,17-/m1/s1. The Balaban J connectivity index is 1.57. The molecule has 1 fully saturated rings. The molecule has 2 heterocycles. The Kier molecular flexibility index (Phi) is 5.90. The molecule has 26 heavy (non-hydrogen) atoms. The van der Waals surface area contributed by atoms with Crippen molar-refractivity contribution in [2.75, 3.05) is 19.8 Å². The highest BCUT2D eigenvalue weighted by Gasteiger charge is 2.28. The summed E-state index contributed by atoms with van der Waals surface area (Å²) in [7, 11) is 0. The van der Waals surface area contributed by atoms with Gasteiger partial charge in [0.25, 0.3) is 0 Å². The number of amides is 1. The summed E-state index contributed by atoms with van der Waals surface area (Å²) in [4.78, 5) is 23.1. The fourth-order valence-corrected chi connectivity index (χ4v) is 3.36. The van der Waals surface area contributed by atoms with Crippen LogP contribution in [0.4, 0.5) is 0 Å². The summed E-state index contributed by atoms with van der Waals surface area (Å²) >= 11 is 0. The van der Waals surface area contributed by atoms with E-state index in [1.165, 1.54) is 0 Å². The predicted molar refractivity (Wildman–Crippen MR) is 96.0 cm³/mol. The van der Waals surface area contributed by atoms with Gasteiger partial charge in [0.2, 0.25) is 5.91 Å². The molecule has 1 aromatic carbocycles. The van der Waals surface area contributed by atoms with Crippen LogP contribution in [0.3, 0.4) is 0 Å². The monoisotopic (exact) mass is 360 g/mol. The largest absolute Gasteiger partial charge is 0.480 e. The molecular formula is C19H24N2O5. The van der Waals surface area contributed by atoms with Gasteiger partial charge in [-0.2, -0.15) is 0 Å². The minimum atomic E-state index is -1.03. The topological polar surface area (TPSA) is 89.8 Å². The van der Waals surface area contributed by atoms with E-state index >= 15 is 0 Å². The van der Waals surface area contributed by atoms with Crippen LogP contribution in [0.25, 0.3) is 10.9 Å². The SMILES string of the molecule is Cc1cc2ccccc2n1CCC(=O)N[C@@H]1CCOC[C@H]1OCC(=O)O. The number of carboxylic acids is 1. The van der Waals surface area contributed by atoms with Crippen molar-refractivity contribution in [1.82, 2.24) is 9.88 Å². The van der Waals surface area contributed by atoms with Gasteiger partial charge in [0.1, 0.15) is 12.7 Å². The third-order valence-electron chi connectivity index (χ3n) is 4.65. The molecular weight excluding hydrogens is 336 g/mol. The quantitative estimate of drug-likeness (QED) is 0.785. The van der Waals surface area contributed by atoms with E-state index in [0.717, 1.165) is 16.6 Å². The van der Waals surface area contributed by atoms with Crippen LogP contribution >= 0.6 is 0 Å². The minimum Gasteiger partial charge on any atom is -0.480 e. The van der Waals surface area contributed by atoms with Crippen LogP contribution in [-0.4, -0.2) is 53.5 Å². The van der Waals surface area contributed by atoms with Gasteiger partial charge in [0, 0.05) is 30.8 Å². The number of para-hydroxylation sites is 1. The van der Waals surface area contributed by atoms with Crippen molar-refractivity contribution in [2.45, 2.75) is 38.5 Å². The van der Waals surface area contributed by atoms with Gasteiger partial charge in [0.05, 0.1) is 12.6 Å². The summed E-state index contributed by atoms with van der Waals surface area (Å²) in [6.45, 7) is 3.05. The fourth-order valence-electron chi connectivity index (χ4n) is 3.36. The molecule has 1 aliphatic heterocycles. The third kappa shape index (κ3) is 4.42. The molecule has 1 aliphatic rings. The number of hydrogen-bond donors (Lipinski definition) is 2. The van der Waals surface area contributed by atoms with Gasteiger partial charge < -0.3 is 24.5 Å². The Morgan fingerprint density at radius 2 is 2.19 bits per heavy atom. The summed E-state index contributed by atoms with van der Waals surface area (Å²) in [6.07, 6.45) is 0.530. The van der Waals surface area contributed by atoms with Gasteiger partial charge in [-0.25, -0.2) is 4.79 Å². The summed E-state index contributed by atoms with van der Waals surface area (Å²) in [6, 6.07) is 9.99. The van der Waals surface area contributed by atoms with Crippen LogP contribution in [0.15, 0.2) is 30.3 Å². The second-order valence-corrected chi connectivity index (χ2v) is 6.53. The average molecular weight is 360 g/mol. The molecule has 3 rings (SSSR count). The molecule has 0 spiro atoms. The first-order chi connectivity index (χ1) is 12.5. The van der Waals surface area contributed by atoms with Gasteiger partial charge in [-0.15, -0.1) is 0 Å². The van der Waals surface area contributed by atoms with Crippen LogP contribution in [0, 0.1) is 6.92 Å². The highest BCUT2D eigenvalue weighted by Crippen LogP contribution is 2.19. The molecule has 7 heteroatoms. The second kappa shape index (κ2) is 8.33. The second-order valence-electron chi connectivity index (χ2n) is 6.53.